The van der Waals surface area contributed by atoms with E-state index in [1.165, 1.54) is 0 Å². The molecule has 16 heavy (non-hydrogen) atoms. The molecule has 1 rings (SSSR count). The maximum atomic E-state index is 10.2. The Hall–Kier alpha value is 0.540. The van der Waals surface area contributed by atoms with Gasteiger partial charge in [-0.1, -0.05) is 13.8 Å². The van der Waals surface area contributed by atoms with E-state index in [0.717, 1.165) is 11.5 Å². The number of thioether (sulfide) groups is 2. The van der Waals surface area contributed by atoms with Crippen molar-refractivity contribution >= 4 is 23.5 Å². The molecule has 1 heterocycles. The summed E-state index contributed by atoms with van der Waals surface area (Å²) in [6, 6.07) is 0. The summed E-state index contributed by atoms with van der Waals surface area (Å²) < 4.78 is 4.92. The van der Waals surface area contributed by atoms with Crippen LogP contribution in [0.5, 0.6) is 0 Å². The van der Waals surface area contributed by atoms with Crippen LogP contribution in [0.15, 0.2) is 0 Å². The van der Waals surface area contributed by atoms with Gasteiger partial charge in [0, 0.05) is 0 Å². The SMILES string of the molecule is CCSC1(SCC)CO[C@H](CO)[C@H](O)[C@@H]1O. The molecule has 0 aromatic carbocycles. The molecule has 3 atom stereocenters. The summed E-state index contributed by atoms with van der Waals surface area (Å²) in [4.78, 5) is 0. The van der Waals surface area contributed by atoms with Crippen molar-refractivity contribution in [3.63, 3.8) is 0 Å². The quantitative estimate of drug-likeness (QED) is 0.623. The van der Waals surface area contributed by atoms with E-state index in [1.54, 1.807) is 23.5 Å². The number of hydrogen-bond donors (Lipinski definition) is 3. The summed E-state index contributed by atoms with van der Waals surface area (Å²) >= 11 is 3.19. The normalized spacial score (nSPS) is 33.9. The molecular weight excluding hydrogens is 248 g/mol. The molecule has 0 unspecified atom stereocenters. The number of rotatable bonds is 5. The third kappa shape index (κ3) is 2.86. The van der Waals surface area contributed by atoms with Gasteiger partial charge in [0.2, 0.25) is 0 Å². The first-order valence-electron chi connectivity index (χ1n) is 5.47. The minimum Gasteiger partial charge on any atom is -0.394 e. The van der Waals surface area contributed by atoms with Crippen LogP contribution in [0.2, 0.25) is 0 Å². The van der Waals surface area contributed by atoms with Gasteiger partial charge < -0.3 is 20.1 Å². The molecule has 6 heteroatoms. The molecule has 0 aromatic heterocycles. The Kier molecular flexibility index (Phi) is 5.90. The standard InChI is InChI=1S/C10H20O4S2/c1-3-15-10(16-4-2)6-14-7(5-11)8(12)9(10)13/h7-9,11-13H,3-6H2,1-2H3/t7-,8+,9+/m1/s1. The first-order chi connectivity index (χ1) is 7.61. The zero-order chi connectivity index (χ0) is 12.2. The summed E-state index contributed by atoms with van der Waals surface area (Å²) in [6.07, 6.45) is -2.55. The highest BCUT2D eigenvalue weighted by Gasteiger charge is 2.49. The van der Waals surface area contributed by atoms with Crippen LogP contribution in [0.4, 0.5) is 0 Å². The Balaban J connectivity index is 2.78. The maximum absolute atomic E-state index is 10.2. The lowest BCUT2D eigenvalue weighted by Crippen LogP contribution is -2.59. The van der Waals surface area contributed by atoms with E-state index < -0.39 is 22.4 Å². The monoisotopic (exact) mass is 268 g/mol. The van der Waals surface area contributed by atoms with Crippen LogP contribution in [0.25, 0.3) is 0 Å². The average Bonchev–Trinajstić information content (AvgIpc) is 2.27. The van der Waals surface area contributed by atoms with Crippen LogP contribution < -0.4 is 0 Å². The second kappa shape index (κ2) is 6.47. The Morgan fingerprint density at radius 1 is 1.25 bits per heavy atom. The molecule has 1 saturated heterocycles. The van der Waals surface area contributed by atoms with E-state index in [-0.39, 0.29) is 6.61 Å². The Morgan fingerprint density at radius 2 is 1.81 bits per heavy atom. The number of aliphatic hydroxyl groups is 3. The van der Waals surface area contributed by atoms with Gasteiger partial charge in [0.25, 0.3) is 0 Å². The molecule has 1 aliphatic heterocycles. The summed E-state index contributed by atoms with van der Waals surface area (Å²) in [5, 5.41) is 29.0. The summed E-state index contributed by atoms with van der Waals surface area (Å²) in [6.45, 7) is 4.12. The second-order valence-corrected chi connectivity index (χ2v) is 7.09. The van der Waals surface area contributed by atoms with Crippen molar-refractivity contribution in [1.82, 2.24) is 0 Å². The molecule has 3 N–H and O–H groups in total. The van der Waals surface area contributed by atoms with Crippen molar-refractivity contribution in [3.05, 3.63) is 0 Å². The molecule has 0 spiro atoms. The highest BCUT2D eigenvalue weighted by Crippen LogP contribution is 2.44. The average molecular weight is 268 g/mol. The maximum Gasteiger partial charge on any atom is 0.113 e. The Labute approximate surface area is 105 Å². The number of aliphatic hydroxyl groups excluding tert-OH is 3. The van der Waals surface area contributed by atoms with Crippen molar-refractivity contribution < 1.29 is 20.1 Å². The van der Waals surface area contributed by atoms with E-state index in [4.69, 9.17) is 9.84 Å². The number of hydrogen-bond acceptors (Lipinski definition) is 6. The molecule has 0 radical (unpaired) electrons. The van der Waals surface area contributed by atoms with Crippen molar-refractivity contribution in [2.45, 2.75) is 36.2 Å². The van der Waals surface area contributed by atoms with Crippen molar-refractivity contribution in [3.8, 4) is 0 Å². The predicted molar refractivity (Wildman–Crippen MR) is 67.8 cm³/mol. The lowest BCUT2D eigenvalue weighted by Gasteiger charge is -2.45. The lowest BCUT2D eigenvalue weighted by atomic mass is 10.0. The molecule has 0 bridgehead atoms. The molecule has 4 nitrogen and oxygen atoms in total. The fraction of sp³-hybridized carbons (Fsp3) is 1.00. The minimum atomic E-state index is -1.02. The van der Waals surface area contributed by atoms with E-state index in [1.807, 2.05) is 13.8 Å². The fourth-order valence-corrected chi connectivity index (χ4v) is 4.76. The van der Waals surface area contributed by atoms with Crippen LogP contribution in [0, 0.1) is 0 Å². The third-order valence-electron chi connectivity index (χ3n) is 2.61. The zero-order valence-electron chi connectivity index (χ0n) is 9.63. The molecule has 0 saturated carbocycles. The van der Waals surface area contributed by atoms with Crippen LogP contribution in [-0.4, -0.2) is 62.4 Å². The third-order valence-corrected chi connectivity index (χ3v) is 5.59. The van der Waals surface area contributed by atoms with Gasteiger partial charge in [0.05, 0.1) is 13.2 Å². The van der Waals surface area contributed by atoms with E-state index >= 15 is 0 Å². The lowest BCUT2D eigenvalue weighted by molar-refractivity contribution is -0.149. The van der Waals surface area contributed by atoms with Gasteiger partial charge in [-0.15, -0.1) is 23.5 Å². The van der Waals surface area contributed by atoms with Gasteiger partial charge in [-0.05, 0) is 11.5 Å². The second-order valence-electron chi connectivity index (χ2n) is 3.65. The first-order valence-corrected chi connectivity index (χ1v) is 7.45. The Bertz CT molecular complexity index is 209. The van der Waals surface area contributed by atoms with E-state index in [2.05, 4.69) is 0 Å². The largest absolute Gasteiger partial charge is 0.394 e. The van der Waals surface area contributed by atoms with Gasteiger partial charge in [0.1, 0.15) is 22.4 Å². The van der Waals surface area contributed by atoms with Gasteiger partial charge in [0.15, 0.2) is 0 Å². The summed E-state index contributed by atoms with van der Waals surface area (Å²) in [7, 11) is 0. The summed E-state index contributed by atoms with van der Waals surface area (Å²) in [5.74, 6) is 1.70. The highest BCUT2D eigenvalue weighted by atomic mass is 32.2. The van der Waals surface area contributed by atoms with Crippen LogP contribution in [-0.2, 0) is 4.74 Å². The molecule has 0 aliphatic carbocycles. The van der Waals surface area contributed by atoms with Gasteiger partial charge in [-0.25, -0.2) is 0 Å². The van der Waals surface area contributed by atoms with Crippen molar-refractivity contribution in [2.24, 2.45) is 0 Å². The van der Waals surface area contributed by atoms with E-state index in [0.29, 0.717) is 6.61 Å². The first kappa shape index (κ1) is 14.6. The molecule has 1 fully saturated rings. The minimum absolute atomic E-state index is 0.262. The van der Waals surface area contributed by atoms with Gasteiger partial charge in [-0.3, -0.25) is 0 Å². The zero-order valence-corrected chi connectivity index (χ0v) is 11.3. The van der Waals surface area contributed by atoms with Crippen LogP contribution in [0.1, 0.15) is 13.8 Å². The topological polar surface area (TPSA) is 69.9 Å². The smallest absolute Gasteiger partial charge is 0.113 e. The Morgan fingerprint density at radius 3 is 2.25 bits per heavy atom. The molecule has 0 amide bonds. The molecular formula is C10H20O4S2. The van der Waals surface area contributed by atoms with Crippen LogP contribution in [0.3, 0.4) is 0 Å². The molecule has 1 aliphatic rings. The van der Waals surface area contributed by atoms with Crippen LogP contribution >= 0.6 is 23.5 Å². The van der Waals surface area contributed by atoms with Gasteiger partial charge in [-0.2, -0.15) is 0 Å². The van der Waals surface area contributed by atoms with Crippen molar-refractivity contribution in [2.75, 3.05) is 24.7 Å². The summed E-state index contributed by atoms with van der Waals surface area (Å²) in [5.41, 5.74) is 0. The fourth-order valence-electron chi connectivity index (χ4n) is 1.82. The predicted octanol–water partition coefficient (Wildman–Crippen LogP) is 0.302. The van der Waals surface area contributed by atoms with Gasteiger partial charge >= 0.3 is 0 Å². The molecule has 0 aromatic rings. The van der Waals surface area contributed by atoms with E-state index in [9.17, 15) is 10.2 Å². The van der Waals surface area contributed by atoms with Crippen molar-refractivity contribution in [1.29, 1.82) is 0 Å². The highest BCUT2D eigenvalue weighted by molar-refractivity contribution is 8.18. The number of ether oxygens (including phenoxy) is 1. The molecule has 96 valence electrons.